The van der Waals surface area contributed by atoms with Crippen LogP contribution >= 0.6 is 19.8 Å². The molecular weight excluding hydrogens is 659 g/mol. The minimum atomic E-state index is -5.67. The summed E-state index contributed by atoms with van der Waals surface area (Å²) in [6.07, 6.45) is 20.4. The van der Waals surface area contributed by atoms with E-state index < -0.39 is 14.5 Å². The second kappa shape index (κ2) is 10.6. The molecule has 8 aromatic rings. The molecule has 14 nitrogen and oxygen atoms in total. The number of hydrogen-bond acceptors (Lipinski definition) is 13. The highest BCUT2D eigenvalue weighted by Gasteiger charge is 2.85. The minimum absolute atomic E-state index is 0.320. The molecule has 0 saturated carbocycles. The maximum Gasteiger partial charge on any atom is 0.212 e. The van der Waals surface area contributed by atoms with Crippen LogP contribution in [0.15, 0.2) is 159 Å². The standard InChI is InChI=1S/C33H25N13OS2/c1-2-10-35-25(7-1)49(26-8-3-13-42-45-26,27-22-34-15-16-36-27,33-40-11-5-12-41-33)30(24-6-4-20-47-24)28(23-9-14-43-44-23)29(31-37-19-21-48-31)46(49)32-38-17-18-39-32/h1-22,29H,(H,38,39)(H,43,44). The summed E-state index contributed by atoms with van der Waals surface area (Å²) in [7, 11) is -5.67. The van der Waals surface area contributed by atoms with Gasteiger partial charge < -0.3 is 9.40 Å². The Labute approximate surface area is 281 Å². The van der Waals surface area contributed by atoms with Crippen LogP contribution in [0.1, 0.15) is 22.5 Å². The highest BCUT2D eigenvalue weighted by molar-refractivity contribution is 8.71. The van der Waals surface area contributed by atoms with Gasteiger partial charge in [-0.3, -0.25) is 14.4 Å². The maximum absolute atomic E-state index is 6.55. The van der Waals surface area contributed by atoms with Gasteiger partial charge >= 0.3 is 0 Å². The summed E-state index contributed by atoms with van der Waals surface area (Å²) in [5.41, 5.74) is 1.43. The first-order chi connectivity index (χ1) is 24.3. The van der Waals surface area contributed by atoms with E-state index in [4.69, 9.17) is 44.4 Å². The van der Waals surface area contributed by atoms with Crippen LogP contribution in [0, 0.1) is 0 Å². The molecule has 0 amide bonds. The molecule has 240 valence electrons. The summed E-state index contributed by atoms with van der Waals surface area (Å²) in [6.45, 7) is 0. The molecule has 0 aliphatic carbocycles. The van der Waals surface area contributed by atoms with Crippen LogP contribution in [0.5, 0.6) is 0 Å². The molecule has 1 unspecified atom stereocenters. The molecule has 0 fully saturated rings. The van der Waals surface area contributed by atoms with Crippen molar-refractivity contribution in [2.24, 2.45) is 0 Å². The Hall–Kier alpha value is -6.39. The summed E-state index contributed by atoms with van der Waals surface area (Å²) in [5, 5.41) is 21.7. The molecule has 1 atom stereocenters. The summed E-state index contributed by atoms with van der Waals surface area (Å²) in [4.78, 5) is 39.8. The van der Waals surface area contributed by atoms with Gasteiger partial charge in [0.2, 0.25) is 5.95 Å². The molecule has 49 heavy (non-hydrogen) atoms. The number of nitrogens with one attached hydrogen (secondary N) is 2. The van der Waals surface area contributed by atoms with Gasteiger partial charge in [-0.2, -0.15) is 10.2 Å². The number of pyridine rings is 1. The van der Waals surface area contributed by atoms with Gasteiger partial charge in [0.15, 0.2) is 5.16 Å². The van der Waals surface area contributed by atoms with E-state index in [2.05, 4.69) is 24.6 Å². The Morgan fingerprint density at radius 3 is 2.31 bits per heavy atom. The van der Waals surface area contributed by atoms with Crippen LogP contribution in [-0.2, 0) is 0 Å². The number of anilines is 1. The summed E-state index contributed by atoms with van der Waals surface area (Å²) < 4.78 is 8.73. The van der Waals surface area contributed by atoms with Crippen molar-refractivity contribution in [1.82, 2.24) is 60.3 Å². The zero-order chi connectivity index (χ0) is 32.8. The Balaban J connectivity index is 1.76. The lowest BCUT2D eigenvalue weighted by molar-refractivity contribution is 0.555. The van der Waals surface area contributed by atoms with Gasteiger partial charge in [0.1, 0.15) is 31.9 Å². The van der Waals surface area contributed by atoms with Crippen molar-refractivity contribution >= 4 is 36.2 Å². The Morgan fingerprint density at radius 2 is 1.63 bits per heavy atom. The van der Waals surface area contributed by atoms with E-state index in [1.54, 1.807) is 80.5 Å². The van der Waals surface area contributed by atoms with Crippen molar-refractivity contribution < 1.29 is 4.42 Å². The summed E-state index contributed by atoms with van der Waals surface area (Å²) >= 11 is 1.49. The first-order valence-electron chi connectivity index (χ1n) is 15.0. The van der Waals surface area contributed by atoms with E-state index in [0.29, 0.717) is 42.5 Å². The summed E-state index contributed by atoms with van der Waals surface area (Å²) in [5.74, 6) is 0.922. The molecule has 0 saturated heterocycles. The molecule has 0 spiro atoms. The lowest BCUT2D eigenvalue weighted by Crippen LogP contribution is -2.54. The fourth-order valence-corrected chi connectivity index (χ4v) is 16.4. The Morgan fingerprint density at radius 1 is 0.735 bits per heavy atom. The number of thiazole rings is 1. The quantitative estimate of drug-likeness (QED) is 0.176. The van der Waals surface area contributed by atoms with E-state index in [-0.39, 0.29) is 0 Å². The number of nitrogens with zero attached hydrogens (tertiary/aromatic N) is 11. The highest BCUT2D eigenvalue weighted by Crippen LogP contribution is 3.14. The summed E-state index contributed by atoms with van der Waals surface area (Å²) in [6, 6.07) is 16.2. The number of rotatable bonds is 8. The van der Waals surface area contributed by atoms with Gasteiger partial charge in [0, 0.05) is 72.9 Å². The Kier molecular flexibility index (Phi) is 6.21. The molecule has 9 heterocycles. The third kappa shape index (κ3) is 3.26. The average Bonchev–Trinajstić information content (AvgIpc) is 4.03. The zero-order valence-corrected chi connectivity index (χ0v) is 27.1. The van der Waals surface area contributed by atoms with E-state index in [0.717, 1.165) is 10.6 Å². The van der Waals surface area contributed by atoms with Crippen LogP contribution in [0.4, 0.5) is 5.95 Å². The first-order valence-corrected chi connectivity index (χ1v) is 18.3. The molecule has 1 aliphatic rings. The fourth-order valence-electron chi connectivity index (χ4n) is 7.32. The first kappa shape index (κ1) is 28.8. The molecule has 2 N–H and O–H groups in total. The molecule has 8 aromatic heterocycles. The smallest absolute Gasteiger partial charge is 0.212 e. The predicted octanol–water partition coefficient (Wildman–Crippen LogP) is 6.10. The maximum atomic E-state index is 6.55. The van der Waals surface area contributed by atoms with Gasteiger partial charge in [-0.15, -0.1) is 16.4 Å². The van der Waals surface area contributed by atoms with Crippen molar-refractivity contribution in [3.63, 3.8) is 0 Å². The number of aromatic amines is 2. The molecule has 0 aromatic carbocycles. The number of aromatic nitrogens is 12. The monoisotopic (exact) mass is 683 g/mol. The molecule has 1 aliphatic heterocycles. The Bertz CT molecular complexity index is 2200. The minimum Gasteiger partial charge on any atom is -0.464 e. The highest BCUT2D eigenvalue weighted by atomic mass is 32.4. The second-order valence-electron chi connectivity index (χ2n) is 11.0. The van der Waals surface area contributed by atoms with Crippen LogP contribution < -0.4 is 4.31 Å². The molecule has 16 heteroatoms. The second-order valence-corrected chi connectivity index (χ2v) is 17.3. The van der Waals surface area contributed by atoms with E-state index in [1.165, 1.54) is 11.3 Å². The van der Waals surface area contributed by atoms with Crippen LogP contribution in [-0.4, -0.2) is 60.3 Å². The fraction of sp³-hybridized carbons (Fsp3) is 0.0303. The molecule has 9 rings (SSSR count). The number of imidazole rings is 1. The van der Waals surface area contributed by atoms with Gasteiger partial charge in [-0.05, 0) is 57.0 Å². The van der Waals surface area contributed by atoms with Crippen LogP contribution in [0.25, 0.3) is 10.5 Å². The average molecular weight is 684 g/mol. The predicted molar refractivity (Wildman–Crippen MR) is 181 cm³/mol. The third-order valence-corrected chi connectivity index (χ3v) is 17.4. The van der Waals surface area contributed by atoms with Gasteiger partial charge in [0.05, 0.1) is 23.1 Å². The zero-order valence-electron chi connectivity index (χ0n) is 25.4. The SMILES string of the molecule is c1ccc(S2(c3cnccn3)(c3cccnn3)(c3ncccn3)C(c3ccco3)=C(c3ccn[nH]3)C(c3nccs3)N2c2ncc[nH]2)nc1. The topological polar surface area (TPSA) is 177 Å². The van der Waals surface area contributed by atoms with E-state index >= 15 is 0 Å². The lowest BCUT2D eigenvalue weighted by atomic mass is 10.0. The van der Waals surface area contributed by atoms with E-state index in [1.807, 2.05) is 53.9 Å². The largest absolute Gasteiger partial charge is 0.464 e. The van der Waals surface area contributed by atoms with Crippen molar-refractivity contribution in [3.8, 4) is 0 Å². The number of furan rings is 1. The van der Waals surface area contributed by atoms with Crippen molar-refractivity contribution in [2.75, 3.05) is 4.31 Å². The van der Waals surface area contributed by atoms with Crippen molar-refractivity contribution in [3.05, 3.63) is 151 Å². The van der Waals surface area contributed by atoms with Crippen molar-refractivity contribution in [2.45, 2.75) is 26.3 Å². The van der Waals surface area contributed by atoms with Crippen molar-refractivity contribution in [1.29, 1.82) is 0 Å². The normalized spacial score (nSPS) is 19.1. The molecular formula is C33H25N13OS2. The van der Waals surface area contributed by atoms with Gasteiger partial charge in [-0.25, -0.2) is 29.9 Å². The number of H-pyrrole nitrogens is 2. The third-order valence-electron chi connectivity index (χ3n) is 8.91. The van der Waals surface area contributed by atoms with Crippen LogP contribution in [0.3, 0.4) is 0 Å². The molecule has 0 radical (unpaired) electrons. The lowest BCUT2D eigenvalue weighted by Gasteiger charge is -2.77. The van der Waals surface area contributed by atoms with Crippen LogP contribution in [0.2, 0.25) is 0 Å². The van der Waals surface area contributed by atoms with Gasteiger partial charge in [0.25, 0.3) is 0 Å². The van der Waals surface area contributed by atoms with Gasteiger partial charge in [-0.1, -0.05) is 6.07 Å². The van der Waals surface area contributed by atoms with E-state index in [9.17, 15) is 0 Å². The molecule has 0 bridgehead atoms. The number of hydrogen-bond donors (Lipinski definition) is 2.